The van der Waals surface area contributed by atoms with Gasteiger partial charge in [0.25, 0.3) is 11.8 Å². The van der Waals surface area contributed by atoms with Crippen LogP contribution in [0.4, 0.5) is 0 Å². The van der Waals surface area contributed by atoms with Gasteiger partial charge in [-0.05, 0) is 13.3 Å². The van der Waals surface area contributed by atoms with Gasteiger partial charge in [-0.15, -0.1) is 0 Å². The summed E-state index contributed by atoms with van der Waals surface area (Å²) in [7, 11) is 0. The van der Waals surface area contributed by atoms with Crippen molar-refractivity contribution in [2.24, 2.45) is 5.92 Å². The van der Waals surface area contributed by atoms with Crippen LogP contribution < -0.4 is 0 Å². The van der Waals surface area contributed by atoms with Crippen LogP contribution >= 0.6 is 0 Å². The summed E-state index contributed by atoms with van der Waals surface area (Å²) in [5.41, 5.74) is 0.536. The predicted octanol–water partition coefficient (Wildman–Crippen LogP) is 0.338. The third kappa shape index (κ3) is 1.57. The average molecular weight is 195 g/mol. The number of ether oxygens (including phenoxy) is 1. The molecule has 0 aromatic heterocycles. The molecule has 0 aromatic carbocycles. The zero-order valence-corrected chi connectivity index (χ0v) is 8.16. The van der Waals surface area contributed by atoms with Crippen molar-refractivity contribution in [3.8, 4) is 0 Å². The average Bonchev–Trinajstić information content (AvgIpc) is 2.71. The van der Waals surface area contributed by atoms with Gasteiger partial charge in [-0.2, -0.15) is 0 Å². The van der Waals surface area contributed by atoms with Gasteiger partial charge < -0.3 is 4.74 Å². The van der Waals surface area contributed by atoms with Crippen molar-refractivity contribution < 1.29 is 14.3 Å². The summed E-state index contributed by atoms with van der Waals surface area (Å²) in [6.45, 7) is 3.58. The Morgan fingerprint density at radius 3 is 2.86 bits per heavy atom. The Labute approximate surface area is 82.5 Å². The monoisotopic (exact) mass is 195 g/mol. The molecule has 4 nitrogen and oxygen atoms in total. The molecule has 0 N–H and O–H groups in total. The first-order valence-electron chi connectivity index (χ1n) is 4.80. The van der Waals surface area contributed by atoms with E-state index in [2.05, 4.69) is 0 Å². The van der Waals surface area contributed by atoms with Crippen molar-refractivity contribution in [1.29, 1.82) is 0 Å². The van der Waals surface area contributed by atoms with E-state index in [-0.39, 0.29) is 11.8 Å². The molecular formula is C10H13NO3. The van der Waals surface area contributed by atoms with E-state index in [1.165, 1.54) is 11.0 Å². The van der Waals surface area contributed by atoms with E-state index < -0.39 is 0 Å². The minimum atomic E-state index is -0.181. The maximum Gasteiger partial charge on any atom is 0.256 e. The van der Waals surface area contributed by atoms with Crippen molar-refractivity contribution in [3.05, 3.63) is 11.6 Å². The van der Waals surface area contributed by atoms with Gasteiger partial charge in [-0.1, -0.05) is 0 Å². The second-order valence-corrected chi connectivity index (χ2v) is 3.81. The Balaban J connectivity index is 1.99. The Morgan fingerprint density at radius 1 is 1.57 bits per heavy atom. The predicted molar refractivity (Wildman–Crippen MR) is 49.4 cm³/mol. The lowest BCUT2D eigenvalue weighted by atomic mass is 10.1. The van der Waals surface area contributed by atoms with Gasteiger partial charge in [0.2, 0.25) is 0 Å². The lowest BCUT2D eigenvalue weighted by Crippen LogP contribution is -2.35. The first-order chi connectivity index (χ1) is 6.68. The van der Waals surface area contributed by atoms with E-state index >= 15 is 0 Å². The fourth-order valence-electron chi connectivity index (χ4n) is 1.80. The molecule has 2 aliphatic heterocycles. The third-order valence-electron chi connectivity index (χ3n) is 2.65. The first kappa shape index (κ1) is 9.40. The Bertz CT molecular complexity index is 302. The summed E-state index contributed by atoms with van der Waals surface area (Å²) in [6.07, 6.45) is 2.34. The summed E-state index contributed by atoms with van der Waals surface area (Å²) in [4.78, 5) is 24.2. The smallest absolute Gasteiger partial charge is 0.256 e. The maximum atomic E-state index is 11.5. The fraction of sp³-hybridized carbons (Fsp3) is 0.600. The molecule has 2 amide bonds. The highest BCUT2D eigenvalue weighted by Crippen LogP contribution is 2.18. The molecule has 0 saturated carbocycles. The van der Waals surface area contributed by atoms with Gasteiger partial charge in [-0.25, -0.2) is 0 Å². The molecule has 1 atom stereocenters. The summed E-state index contributed by atoms with van der Waals surface area (Å²) in [5.74, 6) is -0.0106. The van der Waals surface area contributed by atoms with Gasteiger partial charge in [-0.3, -0.25) is 14.5 Å². The van der Waals surface area contributed by atoms with Crippen LogP contribution in [-0.4, -0.2) is 36.5 Å². The van der Waals surface area contributed by atoms with Crippen LogP contribution in [0.2, 0.25) is 0 Å². The summed E-state index contributed by atoms with van der Waals surface area (Å²) in [6, 6.07) is 0. The van der Waals surface area contributed by atoms with Crippen LogP contribution in [0.1, 0.15) is 13.3 Å². The fourth-order valence-corrected chi connectivity index (χ4v) is 1.80. The van der Waals surface area contributed by atoms with Crippen LogP contribution in [0, 0.1) is 5.92 Å². The lowest BCUT2D eigenvalue weighted by molar-refractivity contribution is -0.137. The van der Waals surface area contributed by atoms with Crippen molar-refractivity contribution in [2.45, 2.75) is 13.3 Å². The van der Waals surface area contributed by atoms with Crippen molar-refractivity contribution in [1.82, 2.24) is 4.90 Å². The summed E-state index contributed by atoms with van der Waals surface area (Å²) < 4.78 is 5.20. The number of nitrogens with zero attached hydrogens (tertiary/aromatic N) is 1. The zero-order chi connectivity index (χ0) is 10.1. The molecule has 0 aromatic rings. The molecule has 14 heavy (non-hydrogen) atoms. The lowest BCUT2D eigenvalue weighted by Gasteiger charge is -2.17. The number of rotatable bonds is 2. The third-order valence-corrected chi connectivity index (χ3v) is 2.65. The normalized spacial score (nSPS) is 27.4. The number of imide groups is 1. The first-order valence-corrected chi connectivity index (χ1v) is 4.80. The molecule has 0 aliphatic carbocycles. The van der Waals surface area contributed by atoms with Gasteiger partial charge in [0.05, 0.1) is 6.61 Å². The van der Waals surface area contributed by atoms with Crippen LogP contribution in [-0.2, 0) is 14.3 Å². The Hall–Kier alpha value is -1.16. The molecule has 0 bridgehead atoms. The summed E-state index contributed by atoms with van der Waals surface area (Å²) >= 11 is 0. The van der Waals surface area contributed by atoms with E-state index in [1.807, 2.05) is 0 Å². The van der Waals surface area contributed by atoms with Crippen LogP contribution in [0.3, 0.4) is 0 Å². The zero-order valence-electron chi connectivity index (χ0n) is 8.16. The molecule has 76 valence electrons. The number of hydrogen-bond donors (Lipinski definition) is 0. The van der Waals surface area contributed by atoms with Crippen LogP contribution in [0.25, 0.3) is 0 Å². The molecule has 2 rings (SSSR count). The topological polar surface area (TPSA) is 46.6 Å². The highest BCUT2D eigenvalue weighted by Gasteiger charge is 2.31. The second-order valence-electron chi connectivity index (χ2n) is 3.81. The van der Waals surface area contributed by atoms with E-state index in [1.54, 1.807) is 6.92 Å². The number of carbonyl (C=O) groups excluding carboxylic acids is 2. The maximum absolute atomic E-state index is 11.5. The molecule has 0 spiro atoms. The molecule has 4 heteroatoms. The quantitative estimate of drug-likeness (QED) is 0.597. The number of amides is 2. The molecule has 1 fully saturated rings. The van der Waals surface area contributed by atoms with Gasteiger partial charge in [0.15, 0.2) is 0 Å². The van der Waals surface area contributed by atoms with Crippen molar-refractivity contribution in [2.75, 3.05) is 19.8 Å². The van der Waals surface area contributed by atoms with Crippen molar-refractivity contribution in [3.63, 3.8) is 0 Å². The second kappa shape index (κ2) is 3.53. The van der Waals surface area contributed by atoms with Crippen LogP contribution in [0.15, 0.2) is 11.6 Å². The molecule has 1 unspecified atom stereocenters. The van der Waals surface area contributed by atoms with Gasteiger partial charge in [0, 0.05) is 30.7 Å². The SMILES string of the molecule is CC1=CC(=O)N(CC2CCOC2)C1=O. The Morgan fingerprint density at radius 2 is 2.36 bits per heavy atom. The van der Waals surface area contributed by atoms with Crippen molar-refractivity contribution >= 4 is 11.8 Å². The summed E-state index contributed by atoms with van der Waals surface area (Å²) in [5, 5.41) is 0. The molecular weight excluding hydrogens is 182 g/mol. The molecule has 2 aliphatic rings. The van der Waals surface area contributed by atoms with Crippen LogP contribution in [0.5, 0.6) is 0 Å². The molecule has 0 radical (unpaired) electrons. The standard InChI is InChI=1S/C10H13NO3/c1-7-4-9(12)11(10(7)13)5-8-2-3-14-6-8/h4,8H,2-3,5-6H2,1H3. The highest BCUT2D eigenvalue weighted by atomic mass is 16.5. The van der Waals surface area contributed by atoms with Gasteiger partial charge in [0.1, 0.15) is 0 Å². The van der Waals surface area contributed by atoms with E-state index in [9.17, 15) is 9.59 Å². The van der Waals surface area contributed by atoms with E-state index in [0.29, 0.717) is 24.6 Å². The Kier molecular flexibility index (Phi) is 2.37. The molecule has 1 saturated heterocycles. The highest BCUT2D eigenvalue weighted by molar-refractivity contribution is 6.15. The largest absolute Gasteiger partial charge is 0.381 e. The minimum absolute atomic E-state index is 0.151. The van der Waals surface area contributed by atoms with E-state index in [0.717, 1.165) is 13.0 Å². The molecule has 2 heterocycles. The number of hydrogen-bond acceptors (Lipinski definition) is 3. The van der Waals surface area contributed by atoms with E-state index in [4.69, 9.17) is 4.74 Å². The number of carbonyl (C=O) groups is 2. The van der Waals surface area contributed by atoms with Gasteiger partial charge >= 0.3 is 0 Å². The minimum Gasteiger partial charge on any atom is -0.381 e.